The summed E-state index contributed by atoms with van der Waals surface area (Å²) < 4.78 is 6.63. The summed E-state index contributed by atoms with van der Waals surface area (Å²) >= 11 is 9.49. The molecule has 0 aliphatic carbocycles. The standard InChI is InChI=1S/C25H24BrClN2O4/c1-3-28(4-2)11-12-29-22(15-5-8-18(27)9-6-15)21(24(31)25(29)32)23(30)20-14-16-13-17(26)7-10-19(16)33-20/h5-10,13-14,22,31H,3-4,11-12H2,1-2H3. The van der Waals surface area contributed by atoms with Crippen molar-refractivity contribution in [3.63, 3.8) is 0 Å². The number of amides is 1. The van der Waals surface area contributed by atoms with Crippen molar-refractivity contribution in [2.45, 2.75) is 19.9 Å². The second kappa shape index (κ2) is 9.71. The summed E-state index contributed by atoms with van der Waals surface area (Å²) in [6, 6.07) is 13.3. The van der Waals surface area contributed by atoms with Crippen molar-refractivity contribution in [3.05, 3.63) is 80.7 Å². The molecule has 1 amide bonds. The maximum Gasteiger partial charge on any atom is 0.290 e. The van der Waals surface area contributed by atoms with E-state index < -0.39 is 23.5 Å². The average molecular weight is 532 g/mol. The zero-order valence-corrected chi connectivity index (χ0v) is 20.7. The van der Waals surface area contributed by atoms with Gasteiger partial charge in [0.2, 0.25) is 5.78 Å². The monoisotopic (exact) mass is 530 g/mol. The highest BCUT2D eigenvalue weighted by atomic mass is 79.9. The van der Waals surface area contributed by atoms with Gasteiger partial charge in [0, 0.05) is 28.0 Å². The van der Waals surface area contributed by atoms with Crippen molar-refractivity contribution in [1.82, 2.24) is 9.80 Å². The number of carbonyl (C=O) groups excluding carboxylic acids is 2. The Labute approximate surface area is 205 Å². The summed E-state index contributed by atoms with van der Waals surface area (Å²) in [5.41, 5.74) is 1.26. The van der Waals surface area contributed by atoms with Crippen LogP contribution in [0.1, 0.15) is 36.0 Å². The van der Waals surface area contributed by atoms with Gasteiger partial charge in [0.15, 0.2) is 11.5 Å². The summed E-state index contributed by atoms with van der Waals surface area (Å²) in [5.74, 6) is -1.55. The molecule has 33 heavy (non-hydrogen) atoms. The molecule has 1 aromatic heterocycles. The van der Waals surface area contributed by atoms with Crippen LogP contribution in [0.5, 0.6) is 0 Å². The SMILES string of the molecule is CCN(CC)CCN1C(=O)C(O)=C(C(=O)c2cc3cc(Br)ccc3o2)C1c1ccc(Cl)cc1. The van der Waals surface area contributed by atoms with Crippen LogP contribution in [0, 0.1) is 0 Å². The van der Waals surface area contributed by atoms with Gasteiger partial charge in [0.25, 0.3) is 5.91 Å². The molecule has 4 rings (SSSR count). The van der Waals surface area contributed by atoms with Gasteiger partial charge in [0.05, 0.1) is 11.6 Å². The second-order valence-corrected chi connectivity index (χ2v) is 9.22. The largest absolute Gasteiger partial charge is 0.503 e. The highest BCUT2D eigenvalue weighted by Crippen LogP contribution is 2.40. The number of Topliss-reactive ketones (excluding diaryl/α,β-unsaturated/α-hetero) is 1. The summed E-state index contributed by atoms with van der Waals surface area (Å²) in [7, 11) is 0. The van der Waals surface area contributed by atoms with E-state index in [1.54, 1.807) is 41.3 Å². The number of aliphatic hydroxyl groups excluding tert-OH is 1. The van der Waals surface area contributed by atoms with E-state index in [1.807, 2.05) is 12.1 Å². The number of rotatable bonds is 8. The fourth-order valence-corrected chi connectivity index (χ4v) is 4.66. The molecule has 1 atom stereocenters. The Morgan fingerprint density at radius 1 is 1.15 bits per heavy atom. The van der Waals surface area contributed by atoms with Gasteiger partial charge in [-0.2, -0.15) is 0 Å². The number of halogens is 2. The van der Waals surface area contributed by atoms with E-state index in [4.69, 9.17) is 16.0 Å². The van der Waals surface area contributed by atoms with Gasteiger partial charge in [-0.15, -0.1) is 0 Å². The van der Waals surface area contributed by atoms with Crippen LogP contribution in [0.4, 0.5) is 0 Å². The minimum absolute atomic E-state index is 0.0139. The summed E-state index contributed by atoms with van der Waals surface area (Å²) in [5, 5.41) is 12.1. The van der Waals surface area contributed by atoms with Gasteiger partial charge in [-0.25, -0.2) is 0 Å². The number of hydrogen-bond donors (Lipinski definition) is 1. The van der Waals surface area contributed by atoms with Crippen molar-refractivity contribution in [2.75, 3.05) is 26.2 Å². The first kappa shape index (κ1) is 23.5. The molecular weight excluding hydrogens is 508 g/mol. The lowest BCUT2D eigenvalue weighted by molar-refractivity contribution is -0.129. The minimum atomic E-state index is -0.738. The molecule has 172 valence electrons. The third-order valence-electron chi connectivity index (χ3n) is 5.99. The van der Waals surface area contributed by atoms with Crippen molar-refractivity contribution >= 4 is 50.2 Å². The van der Waals surface area contributed by atoms with Crippen LogP contribution in [-0.2, 0) is 4.79 Å². The van der Waals surface area contributed by atoms with Crippen LogP contribution in [0.25, 0.3) is 11.0 Å². The number of hydrogen-bond acceptors (Lipinski definition) is 5. The summed E-state index contributed by atoms with van der Waals surface area (Å²) in [4.78, 5) is 30.4. The molecule has 8 heteroatoms. The first-order valence-corrected chi connectivity index (χ1v) is 12.0. The molecule has 0 saturated carbocycles. The third kappa shape index (κ3) is 4.58. The fourth-order valence-electron chi connectivity index (χ4n) is 4.16. The zero-order valence-electron chi connectivity index (χ0n) is 18.3. The average Bonchev–Trinajstić information content (AvgIpc) is 3.33. The smallest absolute Gasteiger partial charge is 0.290 e. The normalized spacial score (nSPS) is 16.5. The van der Waals surface area contributed by atoms with E-state index in [9.17, 15) is 14.7 Å². The van der Waals surface area contributed by atoms with Gasteiger partial charge in [-0.1, -0.05) is 53.5 Å². The Morgan fingerprint density at radius 3 is 2.52 bits per heavy atom. The lowest BCUT2D eigenvalue weighted by atomic mass is 9.95. The zero-order chi connectivity index (χ0) is 23.7. The number of likely N-dealkylation sites (N-methyl/N-ethyl adjacent to an activating group) is 1. The Balaban J connectivity index is 1.75. The van der Waals surface area contributed by atoms with Gasteiger partial charge in [-0.05, 0) is 55.1 Å². The molecule has 0 bridgehead atoms. The maximum absolute atomic E-state index is 13.6. The van der Waals surface area contributed by atoms with E-state index in [0.29, 0.717) is 29.3 Å². The first-order chi connectivity index (χ1) is 15.8. The van der Waals surface area contributed by atoms with Crippen LogP contribution in [0.3, 0.4) is 0 Å². The molecule has 2 heterocycles. The van der Waals surface area contributed by atoms with Crippen LogP contribution >= 0.6 is 27.5 Å². The van der Waals surface area contributed by atoms with Crippen molar-refractivity contribution in [2.24, 2.45) is 0 Å². The lowest BCUT2D eigenvalue weighted by Crippen LogP contribution is -2.38. The molecule has 0 spiro atoms. The van der Waals surface area contributed by atoms with Crippen LogP contribution in [-0.4, -0.2) is 52.8 Å². The molecule has 3 aromatic rings. The molecule has 1 aliphatic rings. The highest BCUT2D eigenvalue weighted by Gasteiger charge is 2.44. The lowest BCUT2D eigenvalue weighted by Gasteiger charge is -2.29. The van der Waals surface area contributed by atoms with Crippen LogP contribution < -0.4 is 0 Å². The van der Waals surface area contributed by atoms with E-state index >= 15 is 0 Å². The number of fused-ring (bicyclic) bond motifs is 1. The van der Waals surface area contributed by atoms with E-state index in [1.165, 1.54) is 0 Å². The van der Waals surface area contributed by atoms with Crippen molar-refractivity contribution < 1.29 is 19.1 Å². The first-order valence-electron chi connectivity index (χ1n) is 10.8. The summed E-state index contributed by atoms with van der Waals surface area (Å²) in [6.07, 6.45) is 0. The molecule has 2 aromatic carbocycles. The third-order valence-corrected chi connectivity index (χ3v) is 6.73. The Bertz CT molecular complexity index is 1230. The van der Waals surface area contributed by atoms with Gasteiger partial charge >= 0.3 is 0 Å². The molecule has 1 N–H and O–H groups in total. The quantitative estimate of drug-likeness (QED) is 0.374. The Kier molecular flexibility index (Phi) is 6.93. The van der Waals surface area contributed by atoms with E-state index in [0.717, 1.165) is 22.9 Å². The predicted molar refractivity (Wildman–Crippen MR) is 132 cm³/mol. The predicted octanol–water partition coefficient (Wildman–Crippen LogP) is 5.77. The highest BCUT2D eigenvalue weighted by molar-refractivity contribution is 9.10. The maximum atomic E-state index is 13.6. The van der Waals surface area contributed by atoms with Gasteiger partial charge in [-0.3, -0.25) is 9.59 Å². The second-order valence-electron chi connectivity index (χ2n) is 7.86. The molecule has 0 saturated heterocycles. The van der Waals surface area contributed by atoms with E-state index in [-0.39, 0.29) is 11.3 Å². The number of aliphatic hydroxyl groups is 1. The van der Waals surface area contributed by atoms with Gasteiger partial charge < -0.3 is 19.3 Å². The van der Waals surface area contributed by atoms with Crippen molar-refractivity contribution in [3.8, 4) is 0 Å². The number of ketones is 1. The number of furan rings is 1. The summed E-state index contributed by atoms with van der Waals surface area (Å²) in [6.45, 7) is 6.76. The minimum Gasteiger partial charge on any atom is -0.503 e. The Morgan fingerprint density at radius 2 is 1.85 bits per heavy atom. The molecule has 0 fully saturated rings. The number of benzene rings is 2. The number of nitrogens with zero attached hydrogens (tertiary/aromatic N) is 2. The van der Waals surface area contributed by atoms with Crippen LogP contribution in [0.15, 0.2) is 68.8 Å². The molecule has 1 aliphatic heterocycles. The molecule has 0 radical (unpaired) electrons. The van der Waals surface area contributed by atoms with Gasteiger partial charge in [0.1, 0.15) is 5.58 Å². The fraction of sp³-hybridized carbons (Fsp3) is 0.280. The molecule has 6 nitrogen and oxygen atoms in total. The van der Waals surface area contributed by atoms with Crippen LogP contribution in [0.2, 0.25) is 5.02 Å². The number of carbonyl (C=O) groups is 2. The molecular formula is C25H24BrClN2O4. The van der Waals surface area contributed by atoms with Crippen molar-refractivity contribution in [1.29, 1.82) is 0 Å². The molecule has 1 unspecified atom stereocenters. The topological polar surface area (TPSA) is 74.0 Å². The van der Waals surface area contributed by atoms with E-state index in [2.05, 4.69) is 34.7 Å². The Hall–Kier alpha value is -2.61.